The zero-order chi connectivity index (χ0) is 16.2. The molecule has 23 heavy (non-hydrogen) atoms. The average Bonchev–Trinajstić information content (AvgIpc) is 3.12. The molecule has 1 aromatic heterocycles. The van der Waals surface area contributed by atoms with Crippen LogP contribution in [0.25, 0.3) is 10.9 Å². The van der Waals surface area contributed by atoms with Crippen LogP contribution in [-0.2, 0) is 10.7 Å². The highest BCUT2D eigenvalue weighted by atomic mass is 79.9. The molecule has 1 heterocycles. The monoisotopic (exact) mass is 437 g/mol. The molecule has 0 spiro atoms. The summed E-state index contributed by atoms with van der Waals surface area (Å²) in [7, 11) is 0. The highest BCUT2D eigenvalue weighted by Crippen LogP contribution is 2.60. The van der Waals surface area contributed by atoms with Crippen LogP contribution in [0.2, 0.25) is 0 Å². The Kier molecular flexibility index (Phi) is 3.58. The predicted octanol–water partition coefficient (Wildman–Crippen LogP) is 5.18. The molecule has 4 rings (SSSR count). The summed E-state index contributed by atoms with van der Waals surface area (Å²) in [6.45, 7) is 0. The number of carbonyl (C=O) groups is 1. The van der Waals surface area contributed by atoms with Crippen LogP contribution in [-0.4, -0.2) is 20.4 Å². The van der Waals surface area contributed by atoms with Crippen LogP contribution in [0.4, 0.5) is 0 Å². The lowest BCUT2D eigenvalue weighted by atomic mass is 9.87. The zero-order valence-corrected chi connectivity index (χ0v) is 15.8. The van der Waals surface area contributed by atoms with Gasteiger partial charge in [-0.1, -0.05) is 62.9 Å². The molecular weight excluding hydrogens is 422 g/mol. The van der Waals surface area contributed by atoms with Crippen molar-refractivity contribution in [2.75, 3.05) is 0 Å². The van der Waals surface area contributed by atoms with Crippen molar-refractivity contribution in [3.63, 3.8) is 0 Å². The van der Waals surface area contributed by atoms with Crippen molar-refractivity contribution >= 4 is 48.7 Å². The molecule has 0 saturated heterocycles. The van der Waals surface area contributed by atoms with E-state index in [1.165, 1.54) is 12.8 Å². The second-order valence-electron chi connectivity index (χ2n) is 6.61. The first kappa shape index (κ1) is 15.6. The largest absolute Gasteiger partial charge is 0.478 e. The molecule has 3 nitrogen and oxygen atoms in total. The van der Waals surface area contributed by atoms with E-state index in [1.54, 1.807) is 0 Å². The number of pyridine rings is 1. The number of alkyl halides is 2. The number of carboxylic acids is 1. The molecule has 1 fully saturated rings. The molecular formula is C18H17Br2NO2. The van der Waals surface area contributed by atoms with Crippen LogP contribution in [0.15, 0.2) is 24.3 Å². The summed E-state index contributed by atoms with van der Waals surface area (Å²) >= 11 is 7.98. The summed E-state index contributed by atoms with van der Waals surface area (Å²) in [6, 6.07) is 7.56. The Balaban J connectivity index is 2.01. The molecule has 2 aliphatic rings. The number of fused-ring (bicyclic) bond motifs is 2. The maximum Gasteiger partial charge on any atom is 0.336 e. The van der Waals surface area contributed by atoms with E-state index in [4.69, 9.17) is 4.98 Å². The third kappa shape index (κ3) is 2.12. The van der Waals surface area contributed by atoms with Gasteiger partial charge in [0.05, 0.1) is 21.1 Å². The highest BCUT2D eigenvalue weighted by Gasteiger charge is 2.55. The fraction of sp³-hybridized carbons (Fsp3) is 0.444. The summed E-state index contributed by atoms with van der Waals surface area (Å²) in [4.78, 5) is 16.8. The lowest BCUT2D eigenvalue weighted by Crippen LogP contribution is -2.39. The standard InChI is InChI=1S/C18H17Br2NO2/c19-17(8-3-4-9-17)18(20)10-7-12-14(16(22)23)11-5-1-2-6-13(11)21-15(12)18/h1-2,5-6H,3-4,7-10H2,(H,22,23). The van der Waals surface area contributed by atoms with Crippen LogP contribution < -0.4 is 0 Å². The number of nitrogens with zero attached hydrogens (tertiary/aromatic N) is 1. The van der Waals surface area contributed by atoms with E-state index in [9.17, 15) is 9.90 Å². The molecule has 1 aromatic carbocycles. The molecule has 0 amide bonds. The molecule has 1 atom stereocenters. The number of hydrogen-bond acceptors (Lipinski definition) is 2. The van der Waals surface area contributed by atoms with Gasteiger partial charge in [0.2, 0.25) is 0 Å². The quantitative estimate of drug-likeness (QED) is 0.657. The van der Waals surface area contributed by atoms with Gasteiger partial charge in [-0.3, -0.25) is 4.98 Å². The maximum absolute atomic E-state index is 11.9. The summed E-state index contributed by atoms with van der Waals surface area (Å²) in [5.41, 5.74) is 3.02. The zero-order valence-electron chi connectivity index (χ0n) is 12.6. The van der Waals surface area contributed by atoms with Gasteiger partial charge in [-0.15, -0.1) is 0 Å². The molecule has 2 aromatic rings. The fourth-order valence-electron chi connectivity index (χ4n) is 4.25. The molecule has 120 valence electrons. The Morgan fingerprint density at radius 1 is 1.13 bits per heavy atom. The Hall–Kier alpha value is -0.940. The smallest absolute Gasteiger partial charge is 0.336 e. The molecule has 0 aliphatic heterocycles. The average molecular weight is 439 g/mol. The number of hydrogen-bond donors (Lipinski definition) is 1. The first-order valence-electron chi connectivity index (χ1n) is 7.99. The molecule has 0 radical (unpaired) electrons. The van der Waals surface area contributed by atoms with Crippen LogP contribution in [0, 0.1) is 0 Å². The van der Waals surface area contributed by atoms with Crippen LogP contribution >= 0.6 is 31.9 Å². The molecule has 1 N–H and O–H groups in total. The van der Waals surface area contributed by atoms with Crippen molar-refractivity contribution in [2.45, 2.75) is 47.2 Å². The third-order valence-electron chi connectivity index (χ3n) is 5.41. The Bertz CT molecular complexity index is 814. The minimum absolute atomic E-state index is 0.0313. The summed E-state index contributed by atoms with van der Waals surface area (Å²) in [5, 5.41) is 10.5. The molecule has 1 unspecified atom stereocenters. The Labute approximate surface area is 151 Å². The van der Waals surface area contributed by atoms with Crippen LogP contribution in [0.1, 0.15) is 53.7 Å². The van der Waals surface area contributed by atoms with Gasteiger partial charge in [-0.2, -0.15) is 0 Å². The van der Waals surface area contributed by atoms with Crippen molar-refractivity contribution in [3.05, 3.63) is 41.1 Å². The van der Waals surface area contributed by atoms with Crippen molar-refractivity contribution in [2.24, 2.45) is 0 Å². The van der Waals surface area contributed by atoms with Gasteiger partial charge in [0.15, 0.2) is 0 Å². The van der Waals surface area contributed by atoms with Gasteiger partial charge in [0.1, 0.15) is 0 Å². The summed E-state index contributed by atoms with van der Waals surface area (Å²) < 4.78 is -0.309. The van der Waals surface area contributed by atoms with E-state index in [0.717, 1.165) is 47.8 Å². The number of benzene rings is 1. The van der Waals surface area contributed by atoms with Gasteiger partial charge in [0.25, 0.3) is 0 Å². The normalized spacial score (nSPS) is 25.7. The molecule has 2 aliphatic carbocycles. The van der Waals surface area contributed by atoms with E-state index in [-0.39, 0.29) is 8.65 Å². The first-order chi connectivity index (χ1) is 11.0. The van der Waals surface area contributed by atoms with Gasteiger partial charge in [-0.25, -0.2) is 4.79 Å². The highest BCUT2D eigenvalue weighted by molar-refractivity contribution is 9.12. The SMILES string of the molecule is O=C(O)c1c2c(nc3ccccc13)C(Br)(C1(Br)CCCC1)CC2. The third-order valence-corrected chi connectivity index (χ3v) is 8.94. The number of carboxylic acid groups (broad SMARTS) is 1. The summed E-state index contributed by atoms with van der Waals surface area (Å²) in [5.74, 6) is -0.855. The number of aromatic nitrogens is 1. The lowest BCUT2D eigenvalue weighted by molar-refractivity contribution is 0.0698. The Morgan fingerprint density at radius 3 is 2.52 bits per heavy atom. The van der Waals surface area contributed by atoms with Crippen molar-refractivity contribution < 1.29 is 9.90 Å². The van der Waals surface area contributed by atoms with Gasteiger partial charge in [-0.05, 0) is 37.3 Å². The van der Waals surface area contributed by atoms with E-state index < -0.39 is 5.97 Å². The number of rotatable bonds is 2. The van der Waals surface area contributed by atoms with Crippen molar-refractivity contribution in [3.8, 4) is 0 Å². The van der Waals surface area contributed by atoms with Crippen LogP contribution in [0.5, 0.6) is 0 Å². The predicted molar refractivity (Wildman–Crippen MR) is 97.8 cm³/mol. The van der Waals surface area contributed by atoms with Gasteiger partial charge >= 0.3 is 5.97 Å². The van der Waals surface area contributed by atoms with Gasteiger partial charge in [0, 0.05) is 9.71 Å². The number of para-hydroxylation sites is 1. The van der Waals surface area contributed by atoms with E-state index in [2.05, 4.69) is 31.9 Å². The molecule has 0 bridgehead atoms. The second-order valence-corrected chi connectivity index (χ2v) is 9.48. The van der Waals surface area contributed by atoms with Crippen molar-refractivity contribution in [1.82, 2.24) is 4.98 Å². The van der Waals surface area contributed by atoms with Crippen LogP contribution in [0.3, 0.4) is 0 Å². The maximum atomic E-state index is 11.9. The molecule has 1 saturated carbocycles. The molecule has 5 heteroatoms. The lowest BCUT2D eigenvalue weighted by Gasteiger charge is -2.38. The number of aromatic carboxylic acids is 1. The van der Waals surface area contributed by atoms with Gasteiger partial charge < -0.3 is 5.11 Å². The first-order valence-corrected chi connectivity index (χ1v) is 9.58. The van der Waals surface area contributed by atoms with Crippen molar-refractivity contribution in [1.29, 1.82) is 0 Å². The Morgan fingerprint density at radius 2 is 1.83 bits per heavy atom. The van der Waals surface area contributed by atoms with E-state index in [0.29, 0.717) is 5.56 Å². The topological polar surface area (TPSA) is 50.2 Å². The van der Waals surface area contributed by atoms with E-state index >= 15 is 0 Å². The number of halogens is 2. The fourth-order valence-corrected chi connectivity index (χ4v) is 6.12. The minimum atomic E-state index is -0.855. The minimum Gasteiger partial charge on any atom is -0.478 e. The van der Waals surface area contributed by atoms with E-state index in [1.807, 2.05) is 24.3 Å². The summed E-state index contributed by atoms with van der Waals surface area (Å²) in [6.07, 6.45) is 6.23. The second kappa shape index (κ2) is 5.28.